The molecule has 3 N–H and O–H groups in total. The molecule has 32 heavy (non-hydrogen) atoms. The highest BCUT2D eigenvalue weighted by Crippen LogP contribution is 2.24. The summed E-state index contributed by atoms with van der Waals surface area (Å²) in [5, 5.41) is 5.56. The van der Waals surface area contributed by atoms with Crippen LogP contribution in [0.15, 0.2) is 53.9 Å². The number of primary amides is 1. The molecule has 1 heterocycles. The quantitative estimate of drug-likeness (QED) is 0.519. The molecule has 0 fully saturated rings. The fourth-order valence-corrected chi connectivity index (χ4v) is 4.02. The van der Waals surface area contributed by atoms with Crippen molar-refractivity contribution in [2.45, 2.75) is 26.7 Å². The molecule has 0 aliphatic heterocycles. The number of likely N-dealkylation sites (N-methyl/N-ethyl adjacent to an activating group) is 1. The van der Waals surface area contributed by atoms with Crippen molar-refractivity contribution in [2.24, 2.45) is 5.73 Å². The first-order valence-corrected chi connectivity index (χ1v) is 11.2. The molecular formula is C24H26N4O3S. The van der Waals surface area contributed by atoms with Gasteiger partial charge in [-0.15, -0.1) is 11.3 Å². The molecule has 0 radical (unpaired) electrons. The maximum Gasteiger partial charge on any atom is 0.248 e. The molecule has 3 rings (SSSR count). The zero-order valence-electron chi connectivity index (χ0n) is 18.1. The van der Waals surface area contributed by atoms with Crippen molar-refractivity contribution in [1.82, 2.24) is 9.88 Å². The van der Waals surface area contributed by atoms with E-state index in [4.69, 9.17) is 5.73 Å². The van der Waals surface area contributed by atoms with Crippen molar-refractivity contribution in [3.05, 3.63) is 70.7 Å². The largest absolute Gasteiger partial charge is 0.366 e. The lowest BCUT2D eigenvalue weighted by atomic mass is 10.1. The summed E-state index contributed by atoms with van der Waals surface area (Å²) in [5.74, 6) is -0.795. The number of hydrogen-bond donors (Lipinski definition) is 2. The van der Waals surface area contributed by atoms with Crippen LogP contribution in [-0.2, 0) is 16.0 Å². The molecule has 0 atom stereocenters. The van der Waals surface area contributed by atoms with Crippen LogP contribution in [0.25, 0.3) is 10.6 Å². The predicted molar refractivity (Wildman–Crippen MR) is 126 cm³/mol. The van der Waals surface area contributed by atoms with Crippen LogP contribution < -0.4 is 11.1 Å². The van der Waals surface area contributed by atoms with Crippen molar-refractivity contribution in [3.63, 3.8) is 0 Å². The summed E-state index contributed by atoms with van der Waals surface area (Å²) < 4.78 is 0. The van der Waals surface area contributed by atoms with Gasteiger partial charge in [-0.3, -0.25) is 14.4 Å². The van der Waals surface area contributed by atoms with Crippen LogP contribution in [0.1, 0.15) is 35.0 Å². The molecular weight excluding hydrogens is 424 g/mol. The first kappa shape index (κ1) is 23.1. The highest BCUT2D eigenvalue weighted by Gasteiger charge is 2.16. The topological polar surface area (TPSA) is 105 Å². The predicted octanol–water partition coefficient (Wildman–Crippen LogP) is 3.64. The Balaban J connectivity index is 1.52. The fraction of sp³-hybridized carbons (Fsp3) is 0.250. The number of nitrogens with two attached hydrogens (primary N) is 1. The van der Waals surface area contributed by atoms with Gasteiger partial charge in [0.2, 0.25) is 17.7 Å². The maximum atomic E-state index is 12.7. The van der Waals surface area contributed by atoms with E-state index in [1.165, 1.54) is 11.3 Å². The summed E-state index contributed by atoms with van der Waals surface area (Å²) >= 11 is 1.52. The third-order valence-electron chi connectivity index (χ3n) is 4.95. The molecule has 8 heteroatoms. The number of carbonyl (C=O) groups excluding carboxylic acids is 3. The number of aromatic nitrogens is 1. The number of aryl methyl sites for hydroxylation is 1. The van der Waals surface area contributed by atoms with E-state index in [0.29, 0.717) is 24.3 Å². The number of nitrogens with zero attached hydrogens (tertiary/aromatic N) is 2. The molecule has 7 nitrogen and oxygen atoms in total. The second kappa shape index (κ2) is 10.7. The molecule has 0 unspecified atom stereocenters. The highest BCUT2D eigenvalue weighted by atomic mass is 32.1. The molecule has 0 aliphatic rings. The van der Waals surface area contributed by atoms with Crippen LogP contribution in [-0.4, -0.2) is 40.7 Å². The summed E-state index contributed by atoms with van der Waals surface area (Å²) in [5.41, 5.74) is 9.09. The molecule has 0 saturated carbocycles. The Kier molecular flexibility index (Phi) is 7.72. The summed E-state index contributed by atoms with van der Waals surface area (Å²) in [6.45, 7) is 4.74. The summed E-state index contributed by atoms with van der Waals surface area (Å²) in [6.07, 6.45) is 0.370. The molecule has 0 aliphatic carbocycles. The fourth-order valence-electron chi connectivity index (χ4n) is 3.20. The molecule has 0 spiro atoms. The Morgan fingerprint density at radius 1 is 1.12 bits per heavy atom. The second-order valence-corrected chi connectivity index (χ2v) is 8.26. The van der Waals surface area contributed by atoms with Gasteiger partial charge in [-0.2, -0.15) is 0 Å². The van der Waals surface area contributed by atoms with Gasteiger partial charge in [0, 0.05) is 41.7 Å². The second-order valence-electron chi connectivity index (χ2n) is 7.40. The third kappa shape index (κ3) is 6.24. The van der Waals surface area contributed by atoms with E-state index in [9.17, 15) is 14.4 Å². The zero-order chi connectivity index (χ0) is 23.1. The number of thiazole rings is 1. The van der Waals surface area contributed by atoms with E-state index in [1.807, 2.05) is 37.4 Å². The lowest BCUT2D eigenvalue weighted by molar-refractivity contribution is -0.130. The van der Waals surface area contributed by atoms with Crippen molar-refractivity contribution in [1.29, 1.82) is 0 Å². The molecule has 3 amide bonds. The lowest BCUT2D eigenvalue weighted by Crippen LogP contribution is -2.34. The average molecular weight is 451 g/mol. The summed E-state index contributed by atoms with van der Waals surface area (Å²) in [6, 6.07) is 14.5. The Morgan fingerprint density at radius 3 is 2.53 bits per heavy atom. The standard InChI is InChI=1S/C24H26N4O3S/c1-3-28(12-11-21(29)26-19-9-7-17(8-10-19)23(25)31)22(30)14-20-15-32-24(27-20)18-6-4-5-16(2)13-18/h4-10,13,15H,3,11-12,14H2,1-2H3,(H2,25,31)(H,26,29). The normalized spacial score (nSPS) is 10.6. The minimum absolute atomic E-state index is 0.0628. The number of nitrogens with one attached hydrogen (secondary N) is 1. The van der Waals surface area contributed by atoms with Gasteiger partial charge in [0.15, 0.2) is 0 Å². The van der Waals surface area contributed by atoms with Crippen LogP contribution in [0.2, 0.25) is 0 Å². The average Bonchev–Trinajstić information content (AvgIpc) is 3.23. The van der Waals surface area contributed by atoms with E-state index in [0.717, 1.165) is 21.8 Å². The minimum atomic E-state index is -0.522. The van der Waals surface area contributed by atoms with Gasteiger partial charge in [-0.1, -0.05) is 23.8 Å². The molecule has 0 saturated heterocycles. The van der Waals surface area contributed by atoms with Crippen molar-refractivity contribution >= 4 is 34.7 Å². The van der Waals surface area contributed by atoms with Crippen LogP contribution >= 0.6 is 11.3 Å². The Labute approximate surface area is 191 Å². The number of benzene rings is 2. The van der Waals surface area contributed by atoms with Gasteiger partial charge >= 0.3 is 0 Å². The number of anilines is 1. The smallest absolute Gasteiger partial charge is 0.248 e. The van der Waals surface area contributed by atoms with E-state index in [-0.39, 0.29) is 24.7 Å². The van der Waals surface area contributed by atoms with Crippen LogP contribution in [0.5, 0.6) is 0 Å². The van der Waals surface area contributed by atoms with E-state index >= 15 is 0 Å². The van der Waals surface area contributed by atoms with Gasteiger partial charge in [-0.05, 0) is 44.2 Å². The van der Waals surface area contributed by atoms with Gasteiger partial charge in [0.05, 0.1) is 12.1 Å². The lowest BCUT2D eigenvalue weighted by Gasteiger charge is -2.20. The zero-order valence-corrected chi connectivity index (χ0v) is 18.9. The van der Waals surface area contributed by atoms with Gasteiger partial charge in [0.1, 0.15) is 5.01 Å². The SMILES string of the molecule is CCN(CCC(=O)Nc1ccc(C(N)=O)cc1)C(=O)Cc1csc(-c2cccc(C)c2)n1. The monoisotopic (exact) mass is 450 g/mol. The number of carbonyl (C=O) groups is 3. The number of amides is 3. The first-order chi connectivity index (χ1) is 15.4. The number of hydrogen-bond acceptors (Lipinski definition) is 5. The van der Waals surface area contributed by atoms with Crippen molar-refractivity contribution < 1.29 is 14.4 Å². The van der Waals surface area contributed by atoms with E-state index in [2.05, 4.69) is 16.4 Å². The van der Waals surface area contributed by atoms with E-state index in [1.54, 1.807) is 29.2 Å². The Morgan fingerprint density at radius 2 is 1.88 bits per heavy atom. The Bertz CT molecular complexity index is 1110. The molecule has 1 aromatic heterocycles. The van der Waals surface area contributed by atoms with Gasteiger partial charge in [-0.25, -0.2) is 4.98 Å². The van der Waals surface area contributed by atoms with E-state index < -0.39 is 5.91 Å². The van der Waals surface area contributed by atoms with Crippen LogP contribution in [0, 0.1) is 6.92 Å². The van der Waals surface area contributed by atoms with Gasteiger partial charge in [0.25, 0.3) is 0 Å². The maximum absolute atomic E-state index is 12.7. The third-order valence-corrected chi connectivity index (χ3v) is 5.89. The van der Waals surface area contributed by atoms with Crippen molar-refractivity contribution in [2.75, 3.05) is 18.4 Å². The highest BCUT2D eigenvalue weighted by molar-refractivity contribution is 7.13. The number of rotatable bonds is 9. The van der Waals surface area contributed by atoms with Crippen LogP contribution in [0.3, 0.4) is 0 Å². The van der Waals surface area contributed by atoms with Gasteiger partial charge < -0.3 is 16.0 Å². The van der Waals surface area contributed by atoms with Crippen LogP contribution in [0.4, 0.5) is 5.69 Å². The van der Waals surface area contributed by atoms with Crippen molar-refractivity contribution in [3.8, 4) is 10.6 Å². The first-order valence-electron chi connectivity index (χ1n) is 10.3. The summed E-state index contributed by atoms with van der Waals surface area (Å²) in [4.78, 5) is 42.4. The Hall–Kier alpha value is -3.52. The summed E-state index contributed by atoms with van der Waals surface area (Å²) in [7, 11) is 0. The molecule has 0 bridgehead atoms. The molecule has 166 valence electrons. The molecule has 2 aromatic carbocycles. The minimum Gasteiger partial charge on any atom is -0.366 e. The molecule has 3 aromatic rings.